The van der Waals surface area contributed by atoms with Crippen LogP contribution in [0.5, 0.6) is 0 Å². The highest BCUT2D eigenvalue weighted by Crippen LogP contribution is 2.28. The van der Waals surface area contributed by atoms with Gasteiger partial charge in [0, 0.05) is 38.6 Å². The minimum absolute atomic E-state index is 0.737. The molecule has 1 aliphatic rings. The van der Waals surface area contributed by atoms with Gasteiger partial charge in [0.15, 0.2) is 5.82 Å². The number of nitrogens with two attached hydrogens (primary N) is 1. The number of rotatable bonds is 2. The first kappa shape index (κ1) is 14.1. The van der Waals surface area contributed by atoms with Crippen molar-refractivity contribution in [1.29, 1.82) is 0 Å². The Morgan fingerprint density at radius 1 is 1.00 bits per heavy atom. The highest BCUT2D eigenvalue weighted by Gasteiger charge is 2.22. The molecule has 2 aromatic rings. The van der Waals surface area contributed by atoms with Crippen molar-refractivity contribution in [2.24, 2.45) is 0 Å². The molecule has 0 aliphatic carbocycles. The Hall–Kier alpha value is -1.82. The standard InChI is InChI=1S/C15H18BrN5/c1-11-4-6-19-15(13(11)16)21-9-7-20(8-10-21)14-12(17)3-2-5-18-14/h2-6H,7-10,17H2,1H3. The second-order valence-electron chi connectivity index (χ2n) is 5.16. The normalized spacial score (nSPS) is 15.3. The third-order valence-electron chi connectivity index (χ3n) is 3.76. The van der Waals surface area contributed by atoms with Crippen molar-refractivity contribution < 1.29 is 0 Å². The Morgan fingerprint density at radius 2 is 1.62 bits per heavy atom. The molecule has 1 aliphatic heterocycles. The first-order valence-electron chi connectivity index (χ1n) is 6.98. The van der Waals surface area contributed by atoms with Gasteiger partial charge in [-0.2, -0.15) is 0 Å². The topological polar surface area (TPSA) is 58.3 Å². The van der Waals surface area contributed by atoms with Crippen LogP contribution in [0.1, 0.15) is 5.56 Å². The minimum atomic E-state index is 0.737. The van der Waals surface area contributed by atoms with Gasteiger partial charge in [-0.3, -0.25) is 0 Å². The van der Waals surface area contributed by atoms with Crippen LogP contribution < -0.4 is 15.5 Å². The van der Waals surface area contributed by atoms with Gasteiger partial charge in [0.1, 0.15) is 5.82 Å². The highest BCUT2D eigenvalue weighted by atomic mass is 79.9. The Bertz CT molecular complexity index is 638. The number of nitrogen functional groups attached to an aromatic ring is 1. The SMILES string of the molecule is Cc1ccnc(N2CCN(c3ncccc3N)CC2)c1Br. The zero-order valence-electron chi connectivity index (χ0n) is 12.0. The first-order valence-corrected chi connectivity index (χ1v) is 7.77. The van der Waals surface area contributed by atoms with Crippen molar-refractivity contribution in [1.82, 2.24) is 9.97 Å². The second kappa shape index (κ2) is 5.89. The van der Waals surface area contributed by atoms with E-state index in [0.29, 0.717) is 0 Å². The summed E-state index contributed by atoms with van der Waals surface area (Å²) in [5.74, 6) is 1.90. The smallest absolute Gasteiger partial charge is 0.151 e. The number of anilines is 3. The highest BCUT2D eigenvalue weighted by molar-refractivity contribution is 9.10. The van der Waals surface area contributed by atoms with Crippen molar-refractivity contribution in [3.8, 4) is 0 Å². The lowest BCUT2D eigenvalue weighted by atomic mass is 10.2. The fourth-order valence-electron chi connectivity index (χ4n) is 2.55. The Balaban J connectivity index is 1.74. The van der Waals surface area contributed by atoms with Crippen LogP contribution in [0.25, 0.3) is 0 Å². The van der Waals surface area contributed by atoms with Gasteiger partial charge in [0.05, 0.1) is 10.2 Å². The van der Waals surface area contributed by atoms with E-state index in [4.69, 9.17) is 5.73 Å². The van der Waals surface area contributed by atoms with Crippen LogP contribution in [0.3, 0.4) is 0 Å². The van der Waals surface area contributed by atoms with Crippen LogP contribution in [-0.2, 0) is 0 Å². The predicted molar refractivity (Wildman–Crippen MR) is 89.7 cm³/mol. The molecule has 0 spiro atoms. The van der Waals surface area contributed by atoms with Gasteiger partial charge in [-0.1, -0.05) is 0 Å². The minimum Gasteiger partial charge on any atom is -0.396 e. The summed E-state index contributed by atoms with van der Waals surface area (Å²) in [6.07, 6.45) is 3.65. The molecule has 6 heteroatoms. The van der Waals surface area contributed by atoms with Gasteiger partial charge < -0.3 is 15.5 Å². The van der Waals surface area contributed by atoms with E-state index in [1.165, 1.54) is 5.56 Å². The molecule has 3 heterocycles. The van der Waals surface area contributed by atoms with E-state index < -0.39 is 0 Å². The lowest BCUT2D eigenvalue weighted by molar-refractivity contribution is 0.641. The van der Waals surface area contributed by atoms with Gasteiger partial charge in [-0.05, 0) is 46.6 Å². The summed E-state index contributed by atoms with van der Waals surface area (Å²) in [5, 5.41) is 0. The van der Waals surface area contributed by atoms with E-state index in [2.05, 4.69) is 42.6 Å². The largest absolute Gasteiger partial charge is 0.396 e. The lowest BCUT2D eigenvalue weighted by Crippen LogP contribution is -2.47. The quantitative estimate of drug-likeness (QED) is 0.904. The van der Waals surface area contributed by atoms with Gasteiger partial charge in [-0.15, -0.1) is 0 Å². The van der Waals surface area contributed by atoms with Crippen LogP contribution in [-0.4, -0.2) is 36.1 Å². The third-order valence-corrected chi connectivity index (χ3v) is 4.74. The molecule has 0 amide bonds. The Kier molecular flexibility index (Phi) is 3.96. The molecular formula is C15H18BrN5. The number of aromatic nitrogens is 2. The molecule has 0 bridgehead atoms. The molecule has 5 nitrogen and oxygen atoms in total. The molecule has 0 saturated carbocycles. The number of hydrogen-bond acceptors (Lipinski definition) is 5. The number of pyridine rings is 2. The zero-order valence-corrected chi connectivity index (χ0v) is 13.5. The summed E-state index contributed by atoms with van der Waals surface area (Å²) in [6, 6.07) is 5.77. The van der Waals surface area contributed by atoms with Crippen molar-refractivity contribution in [2.75, 3.05) is 41.7 Å². The molecule has 0 atom stereocenters. The van der Waals surface area contributed by atoms with E-state index in [-0.39, 0.29) is 0 Å². The first-order chi connectivity index (χ1) is 10.2. The molecular weight excluding hydrogens is 330 g/mol. The maximum absolute atomic E-state index is 6.00. The van der Waals surface area contributed by atoms with E-state index in [0.717, 1.165) is 48.0 Å². The second-order valence-corrected chi connectivity index (χ2v) is 5.95. The maximum atomic E-state index is 6.00. The fourth-order valence-corrected chi connectivity index (χ4v) is 3.04. The third kappa shape index (κ3) is 2.81. The summed E-state index contributed by atoms with van der Waals surface area (Å²) in [7, 11) is 0. The van der Waals surface area contributed by atoms with E-state index in [1.54, 1.807) is 6.20 Å². The average Bonchev–Trinajstić information content (AvgIpc) is 2.51. The van der Waals surface area contributed by atoms with Crippen molar-refractivity contribution in [3.05, 3.63) is 40.6 Å². The van der Waals surface area contributed by atoms with Gasteiger partial charge in [0.25, 0.3) is 0 Å². The summed E-state index contributed by atoms with van der Waals surface area (Å²) in [5.41, 5.74) is 7.95. The van der Waals surface area contributed by atoms with Crippen LogP contribution >= 0.6 is 15.9 Å². The number of nitrogens with zero attached hydrogens (tertiary/aromatic N) is 4. The summed E-state index contributed by atoms with van der Waals surface area (Å²) < 4.78 is 1.08. The van der Waals surface area contributed by atoms with Crippen LogP contribution in [0.15, 0.2) is 35.1 Å². The zero-order chi connectivity index (χ0) is 14.8. The summed E-state index contributed by atoms with van der Waals surface area (Å²) in [6.45, 7) is 5.68. The van der Waals surface area contributed by atoms with Crippen molar-refractivity contribution >= 4 is 33.3 Å². The number of piperazine rings is 1. The lowest BCUT2D eigenvalue weighted by Gasteiger charge is -2.36. The monoisotopic (exact) mass is 347 g/mol. The molecule has 1 saturated heterocycles. The molecule has 3 rings (SSSR count). The Morgan fingerprint density at radius 3 is 2.29 bits per heavy atom. The van der Waals surface area contributed by atoms with Crippen LogP contribution in [0.4, 0.5) is 17.3 Å². The van der Waals surface area contributed by atoms with E-state index in [1.807, 2.05) is 24.4 Å². The molecule has 0 radical (unpaired) electrons. The molecule has 110 valence electrons. The van der Waals surface area contributed by atoms with E-state index in [9.17, 15) is 0 Å². The van der Waals surface area contributed by atoms with Gasteiger partial charge in [0.2, 0.25) is 0 Å². The molecule has 2 N–H and O–H groups in total. The van der Waals surface area contributed by atoms with Gasteiger partial charge in [-0.25, -0.2) is 9.97 Å². The van der Waals surface area contributed by atoms with Crippen LogP contribution in [0.2, 0.25) is 0 Å². The molecule has 0 unspecified atom stereocenters. The van der Waals surface area contributed by atoms with Gasteiger partial charge >= 0.3 is 0 Å². The maximum Gasteiger partial charge on any atom is 0.151 e. The van der Waals surface area contributed by atoms with Crippen LogP contribution in [0, 0.1) is 6.92 Å². The van der Waals surface area contributed by atoms with E-state index >= 15 is 0 Å². The molecule has 0 aromatic carbocycles. The molecule has 1 fully saturated rings. The van der Waals surface area contributed by atoms with Crippen molar-refractivity contribution in [2.45, 2.75) is 6.92 Å². The summed E-state index contributed by atoms with van der Waals surface area (Å²) in [4.78, 5) is 13.4. The summed E-state index contributed by atoms with van der Waals surface area (Å²) >= 11 is 3.64. The Labute approximate surface area is 132 Å². The average molecular weight is 348 g/mol. The number of hydrogen-bond donors (Lipinski definition) is 1. The van der Waals surface area contributed by atoms with Crippen molar-refractivity contribution in [3.63, 3.8) is 0 Å². The number of aryl methyl sites for hydroxylation is 1. The fraction of sp³-hybridized carbons (Fsp3) is 0.333. The molecule has 2 aromatic heterocycles. The molecule has 21 heavy (non-hydrogen) atoms. The number of halogens is 1. The predicted octanol–water partition coefficient (Wildman–Crippen LogP) is 2.46.